The number of hydrogen-bond acceptors (Lipinski definition) is 3. The zero-order chi connectivity index (χ0) is 17.2. The second kappa shape index (κ2) is 6.67. The Morgan fingerprint density at radius 2 is 1.96 bits per heavy atom. The molecule has 2 aliphatic rings. The van der Waals surface area contributed by atoms with Crippen LogP contribution in [-0.4, -0.2) is 23.3 Å². The van der Waals surface area contributed by atoms with E-state index >= 15 is 0 Å². The Morgan fingerprint density at radius 1 is 1.12 bits per heavy atom. The van der Waals surface area contributed by atoms with Crippen LogP contribution >= 0.6 is 0 Å². The van der Waals surface area contributed by atoms with Gasteiger partial charge in [-0.25, -0.2) is 0 Å². The van der Waals surface area contributed by atoms with E-state index in [0.717, 1.165) is 44.3 Å². The van der Waals surface area contributed by atoms with Gasteiger partial charge in [-0.2, -0.15) is 0 Å². The van der Waals surface area contributed by atoms with Crippen LogP contribution in [0.5, 0.6) is 0 Å². The zero-order valence-corrected chi connectivity index (χ0v) is 14.1. The third-order valence-corrected chi connectivity index (χ3v) is 5.11. The van der Waals surface area contributed by atoms with Gasteiger partial charge in [-0.1, -0.05) is 25.0 Å². The summed E-state index contributed by atoms with van der Waals surface area (Å²) in [6.45, 7) is 0.738. The van der Waals surface area contributed by atoms with Crippen LogP contribution in [0.15, 0.2) is 42.6 Å². The van der Waals surface area contributed by atoms with Crippen LogP contribution in [0.3, 0.4) is 0 Å². The van der Waals surface area contributed by atoms with Crippen LogP contribution in [0.2, 0.25) is 0 Å². The van der Waals surface area contributed by atoms with E-state index in [4.69, 9.17) is 0 Å². The molecule has 4 rings (SSSR count). The Balaban J connectivity index is 1.54. The summed E-state index contributed by atoms with van der Waals surface area (Å²) in [5.41, 5.74) is 3.18. The molecular weight excluding hydrogens is 314 g/mol. The van der Waals surface area contributed by atoms with Crippen LogP contribution in [-0.2, 0) is 11.2 Å². The quantitative estimate of drug-likeness (QED) is 0.935. The second-order valence-corrected chi connectivity index (χ2v) is 6.73. The van der Waals surface area contributed by atoms with E-state index in [1.165, 1.54) is 5.56 Å². The first-order chi connectivity index (χ1) is 12.2. The predicted molar refractivity (Wildman–Crippen MR) is 96.6 cm³/mol. The maximum atomic E-state index is 12.8. The van der Waals surface area contributed by atoms with Gasteiger partial charge in [0.05, 0.1) is 0 Å². The average Bonchev–Trinajstić information content (AvgIpc) is 3.31. The van der Waals surface area contributed by atoms with Crippen LogP contribution < -0.4 is 10.2 Å². The summed E-state index contributed by atoms with van der Waals surface area (Å²) >= 11 is 0. The number of carbonyl (C=O) groups is 2. The number of aromatic nitrogens is 1. The summed E-state index contributed by atoms with van der Waals surface area (Å²) in [6.07, 6.45) is 6.78. The molecule has 1 N–H and O–H groups in total. The smallest absolute Gasteiger partial charge is 0.274 e. The molecule has 0 bridgehead atoms. The first-order valence-electron chi connectivity index (χ1n) is 8.89. The first-order valence-corrected chi connectivity index (χ1v) is 8.89. The molecule has 0 unspecified atom stereocenters. The van der Waals surface area contributed by atoms with Gasteiger partial charge in [0, 0.05) is 30.0 Å². The molecule has 5 heteroatoms. The van der Waals surface area contributed by atoms with Crippen molar-refractivity contribution in [2.75, 3.05) is 16.8 Å². The lowest BCUT2D eigenvalue weighted by atomic mass is 10.1. The van der Waals surface area contributed by atoms with E-state index in [9.17, 15) is 9.59 Å². The van der Waals surface area contributed by atoms with E-state index in [0.29, 0.717) is 11.4 Å². The van der Waals surface area contributed by atoms with Crippen molar-refractivity contribution in [1.29, 1.82) is 0 Å². The number of benzene rings is 1. The normalized spacial score (nSPS) is 16.7. The number of nitrogens with zero attached hydrogens (tertiary/aromatic N) is 2. The van der Waals surface area contributed by atoms with Crippen LogP contribution in [0.25, 0.3) is 0 Å². The summed E-state index contributed by atoms with van der Waals surface area (Å²) in [4.78, 5) is 31.0. The fraction of sp³-hybridized carbons (Fsp3) is 0.350. The number of rotatable bonds is 3. The molecular formula is C20H21N3O2. The van der Waals surface area contributed by atoms with Crippen LogP contribution in [0.4, 0.5) is 11.4 Å². The molecule has 1 aliphatic carbocycles. The lowest BCUT2D eigenvalue weighted by molar-refractivity contribution is -0.122. The third kappa shape index (κ3) is 3.14. The van der Waals surface area contributed by atoms with Crippen molar-refractivity contribution in [3.63, 3.8) is 0 Å². The number of anilines is 2. The van der Waals surface area contributed by atoms with Gasteiger partial charge in [0.2, 0.25) is 5.91 Å². The Bertz CT molecular complexity index is 798. The molecule has 1 aromatic heterocycles. The Morgan fingerprint density at radius 3 is 2.72 bits per heavy atom. The molecule has 0 atom stereocenters. The fourth-order valence-corrected chi connectivity index (χ4v) is 3.77. The Labute approximate surface area is 147 Å². The lowest BCUT2D eigenvalue weighted by Crippen LogP contribution is -2.33. The largest absolute Gasteiger partial charge is 0.321 e. The minimum Gasteiger partial charge on any atom is -0.321 e. The first kappa shape index (κ1) is 15.8. The number of fused-ring (bicyclic) bond motifs is 1. The molecule has 2 amide bonds. The number of carbonyl (C=O) groups excluding carboxylic acids is 2. The van der Waals surface area contributed by atoms with E-state index < -0.39 is 0 Å². The second-order valence-electron chi connectivity index (χ2n) is 6.73. The standard InChI is InChI=1S/C20H21N3O2/c24-19(17-7-3-4-11-21-17)22-16-9-8-14-10-12-23(18(14)13-16)20(25)15-5-1-2-6-15/h3-4,7-9,11,13,15H,1-2,5-6,10,12H2,(H,22,24). The highest BCUT2D eigenvalue weighted by molar-refractivity contribution is 6.04. The molecule has 1 aliphatic heterocycles. The summed E-state index contributed by atoms with van der Waals surface area (Å²) in [7, 11) is 0. The minimum atomic E-state index is -0.243. The highest BCUT2D eigenvalue weighted by Gasteiger charge is 2.31. The Kier molecular flexibility index (Phi) is 4.22. The highest BCUT2D eigenvalue weighted by Crippen LogP contribution is 2.35. The van der Waals surface area contributed by atoms with Crippen LogP contribution in [0.1, 0.15) is 41.7 Å². The van der Waals surface area contributed by atoms with Gasteiger partial charge in [-0.3, -0.25) is 14.6 Å². The van der Waals surface area contributed by atoms with E-state index in [1.807, 2.05) is 23.1 Å². The van der Waals surface area contributed by atoms with E-state index in [1.54, 1.807) is 24.4 Å². The predicted octanol–water partition coefficient (Wildman–Crippen LogP) is 3.41. The van der Waals surface area contributed by atoms with Crippen molar-refractivity contribution in [2.45, 2.75) is 32.1 Å². The molecule has 2 heterocycles. The summed E-state index contributed by atoms with van der Waals surface area (Å²) in [6, 6.07) is 11.1. The molecule has 1 fully saturated rings. The van der Waals surface area contributed by atoms with E-state index in [2.05, 4.69) is 10.3 Å². The topological polar surface area (TPSA) is 62.3 Å². The number of nitrogens with one attached hydrogen (secondary N) is 1. The summed E-state index contributed by atoms with van der Waals surface area (Å²) < 4.78 is 0. The van der Waals surface area contributed by atoms with Crippen molar-refractivity contribution >= 4 is 23.2 Å². The lowest BCUT2D eigenvalue weighted by Gasteiger charge is -2.21. The van der Waals surface area contributed by atoms with Crippen molar-refractivity contribution in [3.05, 3.63) is 53.9 Å². The SMILES string of the molecule is O=C(Nc1ccc2c(c1)N(C(=O)C1CCCC1)CC2)c1ccccn1. The highest BCUT2D eigenvalue weighted by atomic mass is 16.2. The van der Waals surface area contributed by atoms with Crippen molar-refractivity contribution in [2.24, 2.45) is 5.92 Å². The van der Waals surface area contributed by atoms with Crippen LogP contribution in [0, 0.1) is 5.92 Å². The molecule has 5 nitrogen and oxygen atoms in total. The third-order valence-electron chi connectivity index (χ3n) is 5.11. The number of pyridine rings is 1. The van der Waals surface area contributed by atoms with Gasteiger partial charge >= 0.3 is 0 Å². The summed E-state index contributed by atoms with van der Waals surface area (Å²) in [5.74, 6) is 0.161. The van der Waals surface area contributed by atoms with Gasteiger partial charge in [0.1, 0.15) is 5.69 Å². The number of hydrogen-bond donors (Lipinski definition) is 1. The molecule has 0 spiro atoms. The summed E-state index contributed by atoms with van der Waals surface area (Å²) in [5, 5.41) is 2.88. The molecule has 25 heavy (non-hydrogen) atoms. The van der Waals surface area contributed by atoms with Crippen molar-refractivity contribution in [1.82, 2.24) is 4.98 Å². The maximum Gasteiger partial charge on any atom is 0.274 e. The molecule has 0 saturated heterocycles. The van der Waals surface area contributed by atoms with Crippen molar-refractivity contribution in [3.8, 4) is 0 Å². The van der Waals surface area contributed by atoms with Gasteiger partial charge in [-0.15, -0.1) is 0 Å². The maximum absolute atomic E-state index is 12.8. The average molecular weight is 335 g/mol. The molecule has 1 aromatic carbocycles. The zero-order valence-electron chi connectivity index (χ0n) is 14.1. The minimum absolute atomic E-state index is 0.165. The van der Waals surface area contributed by atoms with Crippen molar-refractivity contribution < 1.29 is 9.59 Å². The molecule has 1 saturated carbocycles. The molecule has 2 aromatic rings. The monoisotopic (exact) mass is 335 g/mol. The molecule has 0 radical (unpaired) electrons. The van der Waals surface area contributed by atoms with Gasteiger partial charge in [0.15, 0.2) is 0 Å². The van der Waals surface area contributed by atoms with Gasteiger partial charge < -0.3 is 10.2 Å². The fourth-order valence-electron chi connectivity index (χ4n) is 3.77. The Hall–Kier alpha value is -2.69. The van der Waals surface area contributed by atoms with Gasteiger partial charge in [0.25, 0.3) is 5.91 Å². The van der Waals surface area contributed by atoms with E-state index in [-0.39, 0.29) is 17.7 Å². The van der Waals surface area contributed by atoms with Gasteiger partial charge in [-0.05, 0) is 49.1 Å². The number of amides is 2. The molecule has 128 valence electrons.